The van der Waals surface area contributed by atoms with E-state index in [2.05, 4.69) is 29.0 Å². The van der Waals surface area contributed by atoms with Crippen molar-refractivity contribution in [2.24, 2.45) is 0 Å². The monoisotopic (exact) mass is 358 g/mol. The second-order valence-electron chi connectivity index (χ2n) is 7.28. The number of aryl methyl sites for hydroxylation is 2. The molecule has 3 aromatic carbocycles. The fourth-order valence-electron chi connectivity index (χ4n) is 4.28. The van der Waals surface area contributed by atoms with Crippen LogP contribution >= 0.6 is 0 Å². The van der Waals surface area contributed by atoms with E-state index in [1.54, 1.807) is 30.9 Å². The van der Waals surface area contributed by atoms with Gasteiger partial charge in [0.05, 0.1) is 0 Å². The first-order valence-corrected chi connectivity index (χ1v) is 9.50. The zero-order valence-electron chi connectivity index (χ0n) is 15.7. The summed E-state index contributed by atoms with van der Waals surface area (Å²) in [5.74, 6) is 0.445. The molecule has 4 aromatic rings. The third-order valence-electron chi connectivity index (χ3n) is 5.50. The number of hydrogen-bond acceptors (Lipinski definition) is 2. The number of aromatic nitrogens is 2. The molecule has 1 aromatic heterocycles. The summed E-state index contributed by atoms with van der Waals surface area (Å²) < 4.78 is 14.7. The quantitative estimate of drug-likeness (QED) is 0.342. The van der Waals surface area contributed by atoms with E-state index in [9.17, 15) is 4.39 Å². The Bertz CT molecular complexity index is 1060. The van der Waals surface area contributed by atoms with Crippen LogP contribution in [0.5, 0.6) is 0 Å². The summed E-state index contributed by atoms with van der Waals surface area (Å²) in [4.78, 5) is 7.44. The maximum atomic E-state index is 14.7. The second-order valence-corrected chi connectivity index (χ2v) is 7.28. The fourth-order valence-corrected chi connectivity index (χ4v) is 4.28. The average Bonchev–Trinajstić information content (AvgIpc) is 2.70. The molecule has 0 radical (unpaired) electrons. The Hall–Kier alpha value is -2.81. The summed E-state index contributed by atoms with van der Waals surface area (Å²) in [5.41, 5.74) is 3.80. The minimum absolute atomic E-state index is 0.0817. The first-order valence-electron chi connectivity index (χ1n) is 9.50. The fraction of sp³-hybridized carbons (Fsp3) is 0.250. The normalized spacial score (nSPS) is 15.9. The van der Waals surface area contributed by atoms with Crippen LogP contribution in [0.2, 0.25) is 0 Å². The lowest BCUT2D eigenvalue weighted by Gasteiger charge is -2.25. The van der Waals surface area contributed by atoms with E-state index in [0.717, 1.165) is 28.1 Å². The molecule has 27 heavy (non-hydrogen) atoms. The van der Waals surface area contributed by atoms with E-state index >= 15 is 0 Å². The van der Waals surface area contributed by atoms with Crippen LogP contribution < -0.4 is 0 Å². The van der Waals surface area contributed by atoms with Gasteiger partial charge in [-0.25, -0.2) is 4.39 Å². The number of hydrogen-bond donors (Lipinski definition) is 0. The third kappa shape index (κ3) is 3.30. The van der Waals surface area contributed by atoms with Crippen LogP contribution in [0.15, 0.2) is 61.2 Å². The van der Waals surface area contributed by atoms with E-state index in [4.69, 9.17) is 0 Å². The summed E-state index contributed by atoms with van der Waals surface area (Å²) in [6.45, 7) is 4.26. The van der Waals surface area contributed by atoms with Crippen molar-refractivity contribution in [3.63, 3.8) is 0 Å². The molecular formula is C24H23FN2. The summed E-state index contributed by atoms with van der Waals surface area (Å²) in [7, 11) is 0. The lowest BCUT2D eigenvalue weighted by atomic mass is 9.80. The minimum atomic E-state index is -0.0817. The molecule has 1 aliphatic carbocycles. The van der Waals surface area contributed by atoms with E-state index in [-0.39, 0.29) is 5.82 Å². The summed E-state index contributed by atoms with van der Waals surface area (Å²) in [6, 6.07) is 12.3. The molecule has 0 fully saturated rings. The predicted molar refractivity (Wildman–Crippen MR) is 110 cm³/mol. The third-order valence-corrected chi connectivity index (χ3v) is 5.50. The average molecular weight is 358 g/mol. The highest BCUT2D eigenvalue weighted by atomic mass is 19.1. The SMILES string of the molecule is Cc1cccc2c1c(F)cc1c3c(ccc12)CCC[C@H]3C.c1cnccn1. The molecule has 136 valence electrons. The van der Waals surface area contributed by atoms with Crippen molar-refractivity contribution in [3.8, 4) is 0 Å². The van der Waals surface area contributed by atoms with Crippen LogP contribution in [-0.4, -0.2) is 9.97 Å². The molecule has 0 spiro atoms. The molecule has 5 rings (SSSR count). The van der Waals surface area contributed by atoms with Gasteiger partial charge >= 0.3 is 0 Å². The zero-order chi connectivity index (χ0) is 18.8. The predicted octanol–water partition coefficient (Wildman–Crippen LogP) is 6.36. The van der Waals surface area contributed by atoms with Gasteiger partial charge in [0.2, 0.25) is 0 Å². The number of halogens is 1. The van der Waals surface area contributed by atoms with Gasteiger partial charge in [-0.3, -0.25) is 9.97 Å². The highest BCUT2D eigenvalue weighted by molar-refractivity contribution is 6.10. The van der Waals surface area contributed by atoms with Crippen molar-refractivity contribution in [1.82, 2.24) is 9.97 Å². The van der Waals surface area contributed by atoms with Crippen LogP contribution in [0.3, 0.4) is 0 Å². The second kappa shape index (κ2) is 7.43. The maximum absolute atomic E-state index is 14.7. The molecule has 0 saturated carbocycles. The van der Waals surface area contributed by atoms with Gasteiger partial charge < -0.3 is 0 Å². The van der Waals surface area contributed by atoms with Crippen LogP contribution in [0, 0.1) is 12.7 Å². The number of nitrogens with zero attached hydrogens (tertiary/aromatic N) is 2. The molecule has 2 nitrogen and oxygen atoms in total. The molecule has 1 atom stereocenters. The standard InChI is InChI=1S/C20H19F.C4H4N2/c1-12-5-3-7-14-9-10-15-16-8-4-6-13(2)20(16)18(21)11-17(15)19(12)14;1-2-6-4-3-5-1/h4,6,8-12H,3,5,7H2,1-2H3;1-4H/t12-;/m1./s1. The van der Waals surface area contributed by atoms with Crippen molar-refractivity contribution >= 4 is 21.5 Å². The smallest absolute Gasteiger partial charge is 0.131 e. The molecular weight excluding hydrogens is 335 g/mol. The van der Waals surface area contributed by atoms with Gasteiger partial charge in [-0.15, -0.1) is 0 Å². The Morgan fingerprint density at radius 1 is 0.926 bits per heavy atom. The molecule has 0 aliphatic heterocycles. The van der Waals surface area contributed by atoms with Crippen LogP contribution in [-0.2, 0) is 6.42 Å². The van der Waals surface area contributed by atoms with E-state index < -0.39 is 0 Å². The molecule has 0 bridgehead atoms. The summed E-state index contributed by atoms with van der Waals surface area (Å²) in [5, 5.41) is 4.14. The molecule has 0 amide bonds. The highest BCUT2D eigenvalue weighted by Crippen LogP contribution is 2.40. The van der Waals surface area contributed by atoms with Crippen molar-refractivity contribution in [3.05, 3.63) is 83.7 Å². The van der Waals surface area contributed by atoms with Crippen LogP contribution in [0.4, 0.5) is 4.39 Å². The number of rotatable bonds is 0. The van der Waals surface area contributed by atoms with Gasteiger partial charge in [-0.1, -0.05) is 37.3 Å². The number of fused-ring (bicyclic) bond motifs is 5. The molecule has 3 heteroatoms. The molecule has 0 saturated heterocycles. The Balaban J connectivity index is 0.000000257. The Morgan fingerprint density at radius 2 is 1.67 bits per heavy atom. The topological polar surface area (TPSA) is 25.8 Å². The van der Waals surface area contributed by atoms with Crippen molar-refractivity contribution in [1.29, 1.82) is 0 Å². The first kappa shape index (κ1) is 17.6. The Morgan fingerprint density at radius 3 is 2.37 bits per heavy atom. The summed E-state index contributed by atoms with van der Waals surface area (Å²) in [6.07, 6.45) is 10.1. The molecule has 1 aliphatic rings. The largest absolute Gasteiger partial charge is 0.262 e. The van der Waals surface area contributed by atoms with Gasteiger partial charge in [-0.2, -0.15) is 0 Å². The highest BCUT2D eigenvalue weighted by Gasteiger charge is 2.20. The molecule has 0 unspecified atom stereocenters. The minimum Gasteiger partial charge on any atom is -0.262 e. The molecule has 1 heterocycles. The number of benzene rings is 3. The van der Waals surface area contributed by atoms with Crippen molar-refractivity contribution in [2.45, 2.75) is 39.0 Å². The zero-order valence-corrected chi connectivity index (χ0v) is 15.7. The van der Waals surface area contributed by atoms with Gasteiger partial charge in [0.15, 0.2) is 0 Å². The van der Waals surface area contributed by atoms with Crippen LogP contribution in [0.1, 0.15) is 42.4 Å². The van der Waals surface area contributed by atoms with E-state index in [1.807, 2.05) is 25.1 Å². The van der Waals surface area contributed by atoms with Gasteiger partial charge in [-0.05, 0) is 71.0 Å². The van der Waals surface area contributed by atoms with Gasteiger partial charge in [0.1, 0.15) is 5.82 Å². The van der Waals surface area contributed by atoms with Gasteiger partial charge in [0.25, 0.3) is 0 Å². The molecule has 0 N–H and O–H groups in total. The summed E-state index contributed by atoms with van der Waals surface area (Å²) >= 11 is 0. The van der Waals surface area contributed by atoms with E-state index in [0.29, 0.717) is 5.92 Å². The van der Waals surface area contributed by atoms with Gasteiger partial charge in [0, 0.05) is 30.2 Å². The van der Waals surface area contributed by atoms with Crippen molar-refractivity contribution < 1.29 is 4.39 Å². The lowest BCUT2D eigenvalue weighted by Crippen LogP contribution is -2.08. The first-order chi connectivity index (χ1) is 13.2. The van der Waals surface area contributed by atoms with Crippen molar-refractivity contribution in [2.75, 3.05) is 0 Å². The maximum Gasteiger partial charge on any atom is 0.131 e. The van der Waals surface area contributed by atoms with Crippen LogP contribution in [0.25, 0.3) is 21.5 Å². The lowest BCUT2D eigenvalue weighted by molar-refractivity contribution is 0.594. The van der Waals surface area contributed by atoms with E-state index in [1.165, 1.54) is 29.4 Å². The Labute approximate surface area is 159 Å². The Kier molecular flexibility index (Phi) is 4.85.